The van der Waals surface area contributed by atoms with Crippen molar-refractivity contribution in [2.45, 2.75) is 77.7 Å². The Balaban J connectivity index is 1.53. The SMILES string of the molecule is COc1cc(C)c2c(ccn2C(=O)OC(C)(C)C)c1CN1CCC2(CC(F)C2)C[C@H]1c1ccc(C#N)cc1. The summed E-state index contributed by atoms with van der Waals surface area (Å²) in [6, 6.07) is 14.0. The van der Waals surface area contributed by atoms with Gasteiger partial charge in [0.05, 0.1) is 24.3 Å². The Kier molecular flexibility index (Phi) is 6.73. The molecule has 5 rings (SSSR count). The number of hydrogen-bond donors (Lipinski definition) is 0. The highest BCUT2D eigenvalue weighted by Gasteiger charge is 2.49. The van der Waals surface area contributed by atoms with Crippen molar-refractivity contribution in [1.82, 2.24) is 9.47 Å². The van der Waals surface area contributed by atoms with Crippen LogP contribution in [-0.2, 0) is 11.3 Å². The third-order valence-electron chi connectivity index (χ3n) is 8.13. The summed E-state index contributed by atoms with van der Waals surface area (Å²) in [4.78, 5) is 15.5. The summed E-state index contributed by atoms with van der Waals surface area (Å²) >= 11 is 0. The van der Waals surface area contributed by atoms with Gasteiger partial charge in [0.25, 0.3) is 0 Å². The molecular formula is C31H36FN3O3. The molecule has 1 aromatic heterocycles. The Labute approximate surface area is 223 Å². The van der Waals surface area contributed by atoms with Crippen molar-refractivity contribution in [2.24, 2.45) is 5.41 Å². The van der Waals surface area contributed by atoms with Crippen molar-refractivity contribution in [3.8, 4) is 11.8 Å². The number of methoxy groups -OCH3 is 1. The van der Waals surface area contributed by atoms with Crippen molar-refractivity contribution >= 4 is 17.0 Å². The maximum absolute atomic E-state index is 14.0. The fourth-order valence-electron chi connectivity index (χ4n) is 6.30. The predicted octanol–water partition coefficient (Wildman–Crippen LogP) is 7.07. The number of halogens is 1. The second-order valence-corrected chi connectivity index (χ2v) is 12.0. The van der Waals surface area contributed by atoms with Crippen LogP contribution in [0, 0.1) is 23.7 Å². The second-order valence-electron chi connectivity index (χ2n) is 12.0. The van der Waals surface area contributed by atoms with Gasteiger partial charge in [-0.1, -0.05) is 12.1 Å². The molecule has 1 saturated heterocycles. The third-order valence-corrected chi connectivity index (χ3v) is 8.13. The minimum atomic E-state index is -0.701. The number of piperidine rings is 1. The molecule has 2 aliphatic rings. The van der Waals surface area contributed by atoms with E-state index in [1.165, 1.54) is 0 Å². The van der Waals surface area contributed by atoms with Crippen LogP contribution in [0.3, 0.4) is 0 Å². The number of hydrogen-bond acceptors (Lipinski definition) is 5. The van der Waals surface area contributed by atoms with Crippen molar-refractivity contribution in [2.75, 3.05) is 13.7 Å². The number of alkyl halides is 1. The normalized spacial score (nSPS) is 23.7. The Bertz CT molecular complexity index is 1390. The van der Waals surface area contributed by atoms with E-state index >= 15 is 0 Å². The van der Waals surface area contributed by atoms with E-state index in [1.54, 1.807) is 17.9 Å². The Morgan fingerprint density at radius 3 is 2.50 bits per heavy atom. The summed E-state index contributed by atoms with van der Waals surface area (Å²) < 4.78 is 27.1. The van der Waals surface area contributed by atoms with Gasteiger partial charge < -0.3 is 9.47 Å². The van der Waals surface area contributed by atoms with E-state index < -0.39 is 17.9 Å². The van der Waals surface area contributed by atoms with Crippen LogP contribution in [0.2, 0.25) is 0 Å². The maximum atomic E-state index is 14.0. The Hall–Kier alpha value is -3.37. The molecule has 7 heteroatoms. The number of likely N-dealkylation sites (tertiary alicyclic amines) is 1. The lowest BCUT2D eigenvalue weighted by molar-refractivity contribution is -0.0560. The van der Waals surface area contributed by atoms with Gasteiger partial charge in [0.1, 0.15) is 17.5 Å². The predicted molar refractivity (Wildman–Crippen MR) is 145 cm³/mol. The van der Waals surface area contributed by atoms with Crippen molar-refractivity contribution in [3.05, 3.63) is 64.8 Å². The molecule has 1 saturated carbocycles. The molecule has 3 aromatic rings. The molecular weight excluding hydrogens is 481 g/mol. The number of ether oxygens (including phenoxy) is 2. The molecule has 1 aliphatic carbocycles. The van der Waals surface area contributed by atoms with E-state index in [1.807, 2.05) is 64.1 Å². The number of aryl methyl sites for hydroxylation is 1. The zero-order chi connectivity index (χ0) is 27.2. The van der Waals surface area contributed by atoms with E-state index in [0.29, 0.717) is 24.9 Å². The lowest BCUT2D eigenvalue weighted by Crippen LogP contribution is -2.49. The van der Waals surface area contributed by atoms with Crippen LogP contribution in [0.4, 0.5) is 9.18 Å². The lowest BCUT2D eigenvalue weighted by Gasteiger charge is -2.53. The number of benzene rings is 2. The van der Waals surface area contributed by atoms with Gasteiger partial charge in [-0.25, -0.2) is 9.18 Å². The van der Waals surface area contributed by atoms with Crippen LogP contribution in [0.25, 0.3) is 10.9 Å². The highest BCUT2D eigenvalue weighted by Crippen LogP contribution is 2.55. The molecule has 6 nitrogen and oxygen atoms in total. The molecule has 200 valence electrons. The highest BCUT2D eigenvalue weighted by molar-refractivity contribution is 5.95. The molecule has 2 heterocycles. The van der Waals surface area contributed by atoms with E-state index in [2.05, 4.69) is 11.0 Å². The number of aromatic nitrogens is 1. The quantitative estimate of drug-likeness (QED) is 0.370. The summed E-state index contributed by atoms with van der Waals surface area (Å²) in [5.41, 5.74) is 3.97. The third kappa shape index (κ3) is 4.90. The first-order chi connectivity index (χ1) is 18.0. The lowest BCUT2D eigenvalue weighted by atomic mass is 9.60. The van der Waals surface area contributed by atoms with Crippen molar-refractivity contribution in [1.29, 1.82) is 5.26 Å². The van der Waals surface area contributed by atoms with Crippen LogP contribution in [0.15, 0.2) is 42.6 Å². The highest BCUT2D eigenvalue weighted by atomic mass is 19.1. The molecule has 0 bridgehead atoms. The second kappa shape index (κ2) is 9.74. The van der Waals surface area contributed by atoms with Gasteiger partial charge >= 0.3 is 6.09 Å². The van der Waals surface area contributed by atoms with Gasteiger partial charge in [0, 0.05) is 29.7 Å². The molecule has 0 radical (unpaired) electrons. The molecule has 0 amide bonds. The molecule has 1 spiro atoms. The van der Waals surface area contributed by atoms with Crippen molar-refractivity contribution in [3.63, 3.8) is 0 Å². The van der Waals surface area contributed by atoms with E-state index in [4.69, 9.17) is 9.47 Å². The van der Waals surface area contributed by atoms with Crippen LogP contribution in [-0.4, -0.2) is 41.0 Å². The molecule has 2 fully saturated rings. The average molecular weight is 518 g/mol. The summed E-state index contributed by atoms with van der Waals surface area (Å²) in [5.74, 6) is 0.781. The zero-order valence-corrected chi connectivity index (χ0v) is 22.9. The largest absolute Gasteiger partial charge is 0.496 e. The number of carbonyl (C=O) groups excluding carboxylic acids is 1. The number of fused-ring (bicyclic) bond motifs is 1. The number of nitrogens with zero attached hydrogens (tertiary/aromatic N) is 3. The van der Waals surface area contributed by atoms with Gasteiger partial charge in [-0.3, -0.25) is 9.47 Å². The fraction of sp³-hybridized carbons (Fsp3) is 0.484. The van der Waals surface area contributed by atoms with Crippen LogP contribution in [0.1, 0.15) is 74.8 Å². The molecule has 0 unspecified atom stereocenters. The minimum Gasteiger partial charge on any atom is -0.496 e. The molecule has 38 heavy (non-hydrogen) atoms. The van der Waals surface area contributed by atoms with E-state index in [0.717, 1.165) is 52.7 Å². The first kappa shape index (κ1) is 26.2. The van der Waals surface area contributed by atoms with Gasteiger partial charge in [0.2, 0.25) is 0 Å². The molecule has 2 aromatic carbocycles. The smallest absolute Gasteiger partial charge is 0.419 e. The summed E-state index contributed by atoms with van der Waals surface area (Å²) in [7, 11) is 1.67. The summed E-state index contributed by atoms with van der Waals surface area (Å²) in [6.45, 7) is 9.01. The monoisotopic (exact) mass is 517 g/mol. The van der Waals surface area contributed by atoms with Crippen LogP contribution < -0.4 is 4.74 Å². The molecule has 1 atom stereocenters. The number of nitriles is 1. The van der Waals surface area contributed by atoms with Gasteiger partial charge in [-0.15, -0.1) is 0 Å². The van der Waals surface area contributed by atoms with Gasteiger partial charge in [-0.2, -0.15) is 5.26 Å². The van der Waals surface area contributed by atoms with Crippen LogP contribution in [0.5, 0.6) is 5.75 Å². The molecule has 0 N–H and O–H groups in total. The van der Waals surface area contributed by atoms with Gasteiger partial charge in [0.15, 0.2) is 0 Å². The fourth-order valence-corrected chi connectivity index (χ4v) is 6.30. The Morgan fingerprint density at radius 2 is 1.89 bits per heavy atom. The topological polar surface area (TPSA) is 67.5 Å². The summed E-state index contributed by atoms with van der Waals surface area (Å²) in [6.07, 6.45) is 3.76. The number of rotatable bonds is 4. The maximum Gasteiger partial charge on any atom is 0.419 e. The zero-order valence-electron chi connectivity index (χ0n) is 22.9. The first-order valence-corrected chi connectivity index (χ1v) is 13.3. The van der Waals surface area contributed by atoms with Gasteiger partial charge in [-0.05, 0) is 101 Å². The summed E-state index contributed by atoms with van der Waals surface area (Å²) in [5, 5.41) is 10.2. The number of carbonyl (C=O) groups is 1. The molecule has 1 aliphatic heterocycles. The van der Waals surface area contributed by atoms with Crippen LogP contribution >= 0.6 is 0 Å². The Morgan fingerprint density at radius 1 is 1.18 bits per heavy atom. The minimum absolute atomic E-state index is 0.0429. The van der Waals surface area contributed by atoms with Crippen molar-refractivity contribution < 1.29 is 18.7 Å². The van der Waals surface area contributed by atoms with E-state index in [9.17, 15) is 14.4 Å². The standard InChI is InChI=1S/C31H36FN3O3/c1-20-14-27(37-5)25(24-10-12-35(28(20)24)29(36)38-30(2,3)4)19-34-13-11-31(15-23(32)16-31)17-26(34)22-8-6-21(18-33)7-9-22/h6-10,12,14,23,26H,11,13,15-17,19H2,1-5H3/t23?,26-,31?/m0/s1. The first-order valence-electron chi connectivity index (χ1n) is 13.3. The average Bonchev–Trinajstić information content (AvgIpc) is 3.31. The van der Waals surface area contributed by atoms with E-state index in [-0.39, 0.29) is 11.5 Å².